The molecule has 2 aliphatic carbocycles. The van der Waals surface area contributed by atoms with Gasteiger partial charge in [0.15, 0.2) is 0 Å². The van der Waals surface area contributed by atoms with Gasteiger partial charge in [0, 0.05) is 40.5 Å². The van der Waals surface area contributed by atoms with Crippen molar-refractivity contribution < 1.29 is 22.8 Å². The average Bonchev–Trinajstić information content (AvgIpc) is 3.18. The molecule has 10 heteroatoms. The molecular weight excluding hydrogens is 430 g/mol. The van der Waals surface area contributed by atoms with Crippen molar-refractivity contribution in [2.45, 2.75) is 25.1 Å². The summed E-state index contributed by atoms with van der Waals surface area (Å²) < 4.78 is 42.4. The molecular formula is C19H14Cl2F3N3O2. The lowest BCUT2D eigenvalue weighted by Gasteiger charge is -2.27. The van der Waals surface area contributed by atoms with Crippen molar-refractivity contribution in [1.82, 2.24) is 5.43 Å². The van der Waals surface area contributed by atoms with E-state index in [0.717, 1.165) is 0 Å². The summed E-state index contributed by atoms with van der Waals surface area (Å²) in [6.07, 6.45) is -2.27. The van der Waals surface area contributed by atoms with Gasteiger partial charge in [-0.3, -0.25) is 15.6 Å². The van der Waals surface area contributed by atoms with Crippen LogP contribution < -0.4 is 10.9 Å². The Kier molecular flexibility index (Phi) is 4.66. The molecule has 4 rings (SSSR count). The van der Waals surface area contributed by atoms with Crippen LogP contribution in [0.4, 0.5) is 18.9 Å². The Bertz CT molecular complexity index is 1030. The third-order valence-corrected chi connectivity index (χ3v) is 5.42. The van der Waals surface area contributed by atoms with E-state index in [1.54, 1.807) is 24.3 Å². The second-order valence-electron chi connectivity index (χ2n) is 6.87. The number of allylic oxidation sites excluding steroid dienone is 5. The molecule has 0 fully saturated rings. The van der Waals surface area contributed by atoms with Gasteiger partial charge in [-0.05, 0) is 23.8 Å². The molecule has 0 saturated carbocycles. The first kappa shape index (κ1) is 19.8. The van der Waals surface area contributed by atoms with Gasteiger partial charge in [-0.15, -0.1) is 0 Å². The van der Waals surface area contributed by atoms with Gasteiger partial charge in [0.25, 0.3) is 5.60 Å². The second kappa shape index (κ2) is 6.81. The zero-order valence-corrected chi connectivity index (χ0v) is 16.4. The third kappa shape index (κ3) is 3.40. The number of anilines is 1. The molecule has 152 valence electrons. The van der Waals surface area contributed by atoms with Crippen LogP contribution in [0.2, 0.25) is 0 Å². The maximum atomic E-state index is 14.1. The van der Waals surface area contributed by atoms with Crippen LogP contribution >= 0.6 is 23.2 Å². The molecule has 1 unspecified atom stereocenters. The summed E-state index contributed by atoms with van der Waals surface area (Å²) in [7, 11) is 0. The van der Waals surface area contributed by atoms with Gasteiger partial charge in [-0.25, -0.2) is 0 Å². The molecule has 1 aromatic rings. The topological polar surface area (TPSA) is 62.7 Å². The molecule has 1 heterocycles. The fourth-order valence-corrected chi connectivity index (χ4v) is 4.16. The molecule has 5 nitrogen and oxygen atoms in total. The Labute approximate surface area is 173 Å². The summed E-state index contributed by atoms with van der Waals surface area (Å²) >= 11 is 12.0. The molecule has 0 spiro atoms. The SMILES string of the molecule is CC(=O)NNc1cccc(C2=NOC(C3=C4C(Cl)=CC(Cl)=C[C@@H]43)(C(F)(F)F)C2)c1. The first-order chi connectivity index (χ1) is 13.6. The third-order valence-electron chi connectivity index (χ3n) is 4.88. The number of hydrogen-bond donors (Lipinski definition) is 2. The van der Waals surface area contributed by atoms with Crippen molar-refractivity contribution in [1.29, 1.82) is 0 Å². The van der Waals surface area contributed by atoms with E-state index in [2.05, 4.69) is 16.0 Å². The fraction of sp³-hybridized carbons (Fsp3) is 0.263. The summed E-state index contributed by atoms with van der Waals surface area (Å²) in [5.74, 6) is -0.918. The monoisotopic (exact) mass is 443 g/mol. The van der Waals surface area contributed by atoms with Gasteiger partial charge < -0.3 is 4.84 Å². The smallest absolute Gasteiger partial charge is 0.374 e. The van der Waals surface area contributed by atoms with Crippen LogP contribution in [-0.2, 0) is 9.63 Å². The number of nitrogens with one attached hydrogen (secondary N) is 2. The number of oxime groups is 1. The van der Waals surface area contributed by atoms with Crippen LogP contribution in [0.5, 0.6) is 0 Å². The van der Waals surface area contributed by atoms with E-state index in [1.165, 1.54) is 19.1 Å². The van der Waals surface area contributed by atoms with E-state index in [4.69, 9.17) is 28.0 Å². The van der Waals surface area contributed by atoms with Crippen molar-refractivity contribution in [2.75, 3.05) is 5.43 Å². The maximum Gasteiger partial charge on any atom is 0.435 e. The highest BCUT2D eigenvalue weighted by Gasteiger charge is 2.69. The van der Waals surface area contributed by atoms with Gasteiger partial charge in [-0.1, -0.05) is 46.6 Å². The van der Waals surface area contributed by atoms with Gasteiger partial charge >= 0.3 is 6.18 Å². The summed E-state index contributed by atoms with van der Waals surface area (Å²) in [4.78, 5) is 16.1. The Morgan fingerprint density at radius 3 is 2.79 bits per heavy atom. The molecule has 0 bridgehead atoms. The standard InChI is InChI=1S/C19H14Cl2F3N3O2/c1-9(28)25-26-12-4-2-3-10(5-12)15-8-18(29-27-15,19(22,23)24)17-13-6-11(20)7-14(21)16(13)17/h2-7,13,26H,8H2,1H3,(H,25,28)/t13-,18?/m0/s1. The number of nitrogens with zero attached hydrogens (tertiary/aromatic N) is 1. The van der Waals surface area contributed by atoms with E-state index in [-0.39, 0.29) is 27.3 Å². The van der Waals surface area contributed by atoms with Crippen molar-refractivity contribution in [3.05, 3.63) is 63.2 Å². The van der Waals surface area contributed by atoms with E-state index >= 15 is 0 Å². The second-order valence-corrected chi connectivity index (χ2v) is 7.71. The maximum absolute atomic E-state index is 14.1. The lowest BCUT2D eigenvalue weighted by atomic mass is 9.89. The number of rotatable bonds is 4. The van der Waals surface area contributed by atoms with Crippen LogP contribution in [0.15, 0.2) is 62.8 Å². The van der Waals surface area contributed by atoms with E-state index in [9.17, 15) is 18.0 Å². The number of halogens is 5. The van der Waals surface area contributed by atoms with Crippen molar-refractivity contribution in [3.8, 4) is 0 Å². The van der Waals surface area contributed by atoms with Crippen LogP contribution in [0, 0.1) is 5.92 Å². The zero-order chi connectivity index (χ0) is 21.0. The number of fused-ring (bicyclic) bond motifs is 1. The first-order valence-corrected chi connectivity index (χ1v) is 9.32. The van der Waals surface area contributed by atoms with Crippen LogP contribution in [-0.4, -0.2) is 23.4 Å². The molecule has 0 saturated heterocycles. The highest BCUT2D eigenvalue weighted by molar-refractivity contribution is 6.37. The molecule has 3 aliphatic rings. The fourth-order valence-electron chi connectivity index (χ4n) is 3.53. The normalized spacial score (nSPS) is 25.4. The average molecular weight is 444 g/mol. The molecule has 1 aliphatic heterocycles. The molecule has 2 N–H and O–H groups in total. The zero-order valence-electron chi connectivity index (χ0n) is 14.9. The van der Waals surface area contributed by atoms with E-state index < -0.39 is 24.1 Å². The number of amides is 1. The van der Waals surface area contributed by atoms with Gasteiger partial charge in [-0.2, -0.15) is 13.2 Å². The van der Waals surface area contributed by atoms with Gasteiger partial charge in [0.1, 0.15) is 0 Å². The van der Waals surface area contributed by atoms with Crippen LogP contribution in [0.3, 0.4) is 0 Å². The number of hydrazine groups is 1. The molecule has 1 aromatic carbocycles. The Morgan fingerprint density at radius 1 is 1.34 bits per heavy atom. The molecule has 2 atom stereocenters. The Balaban J connectivity index is 1.63. The summed E-state index contributed by atoms with van der Waals surface area (Å²) in [5.41, 5.74) is 3.98. The lowest BCUT2D eigenvalue weighted by Crippen LogP contribution is -2.45. The largest absolute Gasteiger partial charge is 0.435 e. The number of carbonyl (C=O) groups excluding carboxylic acids is 1. The summed E-state index contributed by atoms with van der Waals surface area (Å²) in [5, 5.41) is 4.22. The number of benzene rings is 1. The first-order valence-electron chi connectivity index (χ1n) is 8.56. The Morgan fingerprint density at radius 2 is 2.10 bits per heavy atom. The minimum absolute atomic E-state index is 0.0353. The number of carbonyl (C=O) groups is 1. The highest BCUT2D eigenvalue weighted by atomic mass is 35.5. The minimum Gasteiger partial charge on any atom is -0.374 e. The predicted octanol–water partition coefficient (Wildman–Crippen LogP) is 4.76. The van der Waals surface area contributed by atoms with Gasteiger partial charge in [0.2, 0.25) is 5.91 Å². The number of alkyl halides is 3. The molecule has 0 aromatic heterocycles. The molecule has 29 heavy (non-hydrogen) atoms. The minimum atomic E-state index is -4.71. The highest BCUT2D eigenvalue weighted by Crippen LogP contribution is 2.62. The predicted molar refractivity (Wildman–Crippen MR) is 103 cm³/mol. The van der Waals surface area contributed by atoms with Crippen LogP contribution in [0.1, 0.15) is 18.9 Å². The molecule has 0 radical (unpaired) electrons. The number of hydrogen-bond acceptors (Lipinski definition) is 4. The van der Waals surface area contributed by atoms with E-state index in [1.807, 2.05) is 0 Å². The van der Waals surface area contributed by atoms with Crippen molar-refractivity contribution in [2.24, 2.45) is 11.1 Å². The molecule has 1 amide bonds. The van der Waals surface area contributed by atoms with E-state index in [0.29, 0.717) is 16.8 Å². The quantitative estimate of drug-likeness (QED) is 0.659. The lowest BCUT2D eigenvalue weighted by molar-refractivity contribution is -0.252. The van der Waals surface area contributed by atoms with Crippen LogP contribution in [0.25, 0.3) is 0 Å². The van der Waals surface area contributed by atoms with Crippen molar-refractivity contribution in [3.63, 3.8) is 0 Å². The Hall–Kier alpha value is -2.45. The van der Waals surface area contributed by atoms with Gasteiger partial charge in [0.05, 0.1) is 11.4 Å². The summed E-state index contributed by atoms with van der Waals surface area (Å²) in [6.45, 7) is 1.33. The van der Waals surface area contributed by atoms with Crippen molar-refractivity contribution >= 4 is 40.5 Å². The summed E-state index contributed by atoms with van der Waals surface area (Å²) in [6, 6.07) is 6.49.